The third-order valence-electron chi connectivity index (χ3n) is 5.64. The second-order valence-corrected chi connectivity index (χ2v) is 10.3. The second kappa shape index (κ2) is 11.0. The van der Waals surface area contributed by atoms with E-state index >= 15 is 0 Å². The predicted octanol–water partition coefficient (Wildman–Crippen LogP) is 4.80. The molecule has 0 saturated carbocycles. The average Bonchev–Trinajstić information content (AvgIpc) is 2.89. The first-order valence-electron chi connectivity index (χ1n) is 11.3. The molecule has 3 aromatic carbocycles. The van der Waals surface area contributed by atoms with Gasteiger partial charge in [0.2, 0.25) is 10.0 Å². The Balaban J connectivity index is 1.43. The molecule has 10 heteroatoms. The van der Waals surface area contributed by atoms with Gasteiger partial charge in [-0.1, -0.05) is 30.3 Å². The van der Waals surface area contributed by atoms with Crippen LogP contribution >= 0.6 is 0 Å². The highest BCUT2D eigenvalue weighted by Crippen LogP contribution is 2.25. The second-order valence-electron chi connectivity index (χ2n) is 8.43. The van der Waals surface area contributed by atoms with Crippen LogP contribution in [-0.2, 0) is 23.0 Å². The van der Waals surface area contributed by atoms with Crippen LogP contribution in [0.1, 0.15) is 27.0 Å². The molecule has 0 fully saturated rings. The maximum absolute atomic E-state index is 12.7. The molecule has 0 spiro atoms. The van der Waals surface area contributed by atoms with Gasteiger partial charge in [0.15, 0.2) is 0 Å². The molecule has 0 aliphatic rings. The molecule has 1 heterocycles. The number of carbonyl (C=O) groups excluding carboxylic acids is 1. The van der Waals surface area contributed by atoms with Crippen molar-refractivity contribution >= 4 is 33.0 Å². The molecule has 0 atom stereocenters. The Morgan fingerprint density at radius 3 is 2.16 bits per heavy atom. The van der Waals surface area contributed by atoms with Gasteiger partial charge in [-0.05, 0) is 65.6 Å². The summed E-state index contributed by atoms with van der Waals surface area (Å²) in [6, 6.07) is 23.5. The van der Waals surface area contributed by atoms with E-state index in [2.05, 4.69) is 10.3 Å². The van der Waals surface area contributed by atoms with Gasteiger partial charge in [0, 0.05) is 35.8 Å². The minimum atomic E-state index is -3.72. The molecule has 1 aromatic heterocycles. The zero-order valence-corrected chi connectivity index (χ0v) is 20.8. The lowest BCUT2D eigenvalue weighted by molar-refractivity contribution is -0.384. The standard InChI is InChI=1S/C27H24N4O5S/c1-37(35,36)30(25-3-2-4-26(18-25)31(33)34)19-22-5-9-23(10-6-22)27(32)29-24-11-7-20(8-12-24)17-21-13-15-28-16-14-21/h2-16,18H,17,19H2,1H3,(H,29,32). The summed E-state index contributed by atoms with van der Waals surface area (Å²) in [6.07, 6.45) is 5.30. The molecule has 0 unspecified atom stereocenters. The van der Waals surface area contributed by atoms with Gasteiger partial charge in [-0.15, -0.1) is 0 Å². The summed E-state index contributed by atoms with van der Waals surface area (Å²) in [5.41, 5.74) is 3.91. The lowest BCUT2D eigenvalue weighted by Gasteiger charge is -2.22. The number of nitrogens with zero attached hydrogens (tertiary/aromatic N) is 3. The first-order valence-corrected chi connectivity index (χ1v) is 13.1. The van der Waals surface area contributed by atoms with Gasteiger partial charge in [0.25, 0.3) is 11.6 Å². The number of anilines is 2. The largest absolute Gasteiger partial charge is 0.322 e. The van der Waals surface area contributed by atoms with E-state index in [4.69, 9.17) is 0 Å². The Kier molecular flexibility index (Phi) is 7.59. The molecule has 0 saturated heterocycles. The molecule has 1 N–H and O–H groups in total. The van der Waals surface area contributed by atoms with Crippen molar-refractivity contribution in [3.05, 3.63) is 130 Å². The molecular weight excluding hydrogens is 492 g/mol. The fourth-order valence-corrected chi connectivity index (χ4v) is 4.61. The number of hydrogen-bond acceptors (Lipinski definition) is 6. The molecule has 37 heavy (non-hydrogen) atoms. The van der Waals surface area contributed by atoms with E-state index in [-0.39, 0.29) is 23.8 Å². The Labute approximate surface area is 214 Å². The van der Waals surface area contributed by atoms with Gasteiger partial charge in [-0.2, -0.15) is 0 Å². The molecular formula is C27H24N4O5S. The topological polar surface area (TPSA) is 123 Å². The van der Waals surface area contributed by atoms with E-state index in [0.717, 1.165) is 28.1 Å². The minimum Gasteiger partial charge on any atom is -0.322 e. The number of pyridine rings is 1. The third kappa shape index (κ3) is 6.77. The van der Waals surface area contributed by atoms with E-state index in [0.29, 0.717) is 16.8 Å². The van der Waals surface area contributed by atoms with Gasteiger partial charge in [0.1, 0.15) is 0 Å². The summed E-state index contributed by atoms with van der Waals surface area (Å²) in [6.45, 7) is -0.0408. The molecule has 9 nitrogen and oxygen atoms in total. The number of hydrogen-bond donors (Lipinski definition) is 1. The third-order valence-corrected chi connectivity index (χ3v) is 6.78. The van der Waals surface area contributed by atoms with Crippen LogP contribution in [0.2, 0.25) is 0 Å². The lowest BCUT2D eigenvalue weighted by Crippen LogP contribution is -2.29. The van der Waals surface area contributed by atoms with Crippen molar-refractivity contribution in [3.63, 3.8) is 0 Å². The quantitative estimate of drug-likeness (QED) is 0.252. The highest BCUT2D eigenvalue weighted by atomic mass is 32.2. The highest BCUT2D eigenvalue weighted by Gasteiger charge is 2.20. The number of non-ortho nitro benzene ring substituents is 1. The fourth-order valence-electron chi connectivity index (χ4n) is 3.73. The van der Waals surface area contributed by atoms with E-state index in [1.807, 2.05) is 36.4 Å². The van der Waals surface area contributed by atoms with Crippen molar-refractivity contribution in [2.75, 3.05) is 15.9 Å². The van der Waals surface area contributed by atoms with Crippen LogP contribution in [0.5, 0.6) is 0 Å². The smallest absolute Gasteiger partial charge is 0.271 e. The predicted molar refractivity (Wildman–Crippen MR) is 142 cm³/mol. The lowest BCUT2D eigenvalue weighted by atomic mass is 10.1. The summed E-state index contributed by atoms with van der Waals surface area (Å²) in [5, 5.41) is 14.0. The molecule has 4 rings (SSSR count). The van der Waals surface area contributed by atoms with Crippen LogP contribution in [0.15, 0.2) is 97.3 Å². The highest BCUT2D eigenvalue weighted by molar-refractivity contribution is 7.92. The zero-order chi connectivity index (χ0) is 26.4. The van der Waals surface area contributed by atoms with Crippen molar-refractivity contribution in [2.45, 2.75) is 13.0 Å². The Morgan fingerprint density at radius 2 is 1.54 bits per heavy atom. The van der Waals surface area contributed by atoms with Crippen molar-refractivity contribution in [2.24, 2.45) is 0 Å². The van der Waals surface area contributed by atoms with Crippen molar-refractivity contribution in [1.29, 1.82) is 0 Å². The normalized spacial score (nSPS) is 11.1. The van der Waals surface area contributed by atoms with Gasteiger partial charge >= 0.3 is 0 Å². The number of nitro groups is 1. The molecule has 0 radical (unpaired) electrons. The number of sulfonamides is 1. The molecule has 0 bridgehead atoms. The SMILES string of the molecule is CS(=O)(=O)N(Cc1ccc(C(=O)Nc2ccc(Cc3ccncc3)cc2)cc1)c1cccc([N+](=O)[O-])c1. The van der Waals surface area contributed by atoms with Crippen LogP contribution in [0.25, 0.3) is 0 Å². The van der Waals surface area contributed by atoms with Crippen LogP contribution in [0, 0.1) is 10.1 Å². The zero-order valence-electron chi connectivity index (χ0n) is 19.9. The van der Waals surface area contributed by atoms with E-state index < -0.39 is 14.9 Å². The summed E-state index contributed by atoms with van der Waals surface area (Å²) < 4.78 is 25.9. The number of nitro benzene ring substituents is 1. The van der Waals surface area contributed by atoms with Crippen molar-refractivity contribution < 1.29 is 18.1 Å². The van der Waals surface area contributed by atoms with Gasteiger partial charge in [-0.3, -0.25) is 24.2 Å². The molecule has 4 aromatic rings. The number of nitrogens with one attached hydrogen (secondary N) is 1. The number of amides is 1. The number of benzene rings is 3. The number of rotatable bonds is 9. The van der Waals surface area contributed by atoms with Crippen molar-refractivity contribution in [1.82, 2.24) is 4.98 Å². The van der Waals surface area contributed by atoms with Gasteiger partial charge in [0.05, 0.1) is 23.4 Å². The molecule has 0 aliphatic carbocycles. The average molecular weight is 517 g/mol. The number of aromatic nitrogens is 1. The first kappa shape index (κ1) is 25.5. The molecule has 188 valence electrons. The van der Waals surface area contributed by atoms with E-state index in [9.17, 15) is 23.3 Å². The Bertz CT molecular complexity index is 1510. The number of carbonyl (C=O) groups is 1. The van der Waals surface area contributed by atoms with E-state index in [1.165, 1.54) is 24.3 Å². The van der Waals surface area contributed by atoms with Crippen LogP contribution < -0.4 is 9.62 Å². The Morgan fingerprint density at radius 1 is 0.919 bits per heavy atom. The van der Waals surface area contributed by atoms with Crippen molar-refractivity contribution in [3.8, 4) is 0 Å². The summed E-state index contributed by atoms with van der Waals surface area (Å²) >= 11 is 0. The summed E-state index contributed by atoms with van der Waals surface area (Å²) in [5.74, 6) is -0.299. The van der Waals surface area contributed by atoms with Crippen LogP contribution in [-0.4, -0.2) is 30.5 Å². The maximum Gasteiger partial charge on any atom is 0.271 e. The van der Waals surface area contributed by atoms with Crippen LogP contribution in [0.4, 0.5) is 17.1 Å². The first-order chi connectivity index (χ1) is 17.7. The summed E-state index contributed by atoms with van der Waals surface area (Å²) in [4.78, 5) is 27.3. The van der Waals surface area contributed by atoms with Gasteiger partial charge < -0.3 is 5.32 Å². The fraction of sp³-hybridized carbons (Fsp3) is 0.111. The van der Waals surface area contributed by atoms with Gasteiger partial charge in [-0.25, -0.2) is 8.42 Å². The van der Waals surface area contributed by atoms with Crippen LogP contribution in [0.3, 0.4) is 0 Å². The Hall–Kier alpha value is -4.57. The summed E-state index contributed by atoms with van der Waals surface area (Å²) in [7, 11) is -3.72. The van der Waals surface area contributed by atoms with E-state index in [1.54, 1.807) is 36.7 Å². The minimum absolute atomic E-state index is 0.0408. The molecule has 0 aliphatic heterocycles. The monoisotopic (exact) mass is 516 g/mol. The maximum atomic E-state index is 12.7. The molecule has 1 amide bonds.